The summed E-state index contributed by atoms with van der Waals surface area (Å²) in [7, 11) is 1.64. The van der Waals surface area contributed by atoms with Gasteiger partial charge in [0.2, 0.25) is 5.91 Å². The molecule has 136 valence electrons. The van der Waals surface area contributed by atoms with E-state index in [2.05, 4.69) is 16.0 Å². The van der Waals surface area contributed by atoms with Crippen molar-refractivity contribution in [3.8, 4) is 11.5 Å². The molecule has 1 atom stereocenters. The van der Waals surface area contributed by atoms with Gasteiger partial charge in [-0.05, 0) is 30.2 Å². The van der Waals surface area contributed by atoms with Crippen LogP contribution in [-0.4, -0.2) is 55.7 Å². The number of carbonyl (C=O) groups is 1. The quantitative estimate of drug-likeness (QED) is 0.845. The Morgan fingerprint density at radius 2 is 2.04 bits per heavy atom. The number of carbonyl (C=O) groups excluding carboxylic acids is 1. The van der Waals surface area contributed by atoms with Crippen LogP contribution in [0.5, 0.6) is 11.5 Å². The first-order valence-corrected chi connectivity index (χ1v) is 8.98. The lowest BCUT2D eigenvalue weighted by molar-refractivity contribution is -0.137. The van der Waals surface area contributed by atoms with Gasteiger partial charge >= 0.3 is 0 Å². The predicted octanol–water partition coefficient (Wildman–Crippen LogP) is 1.99. The van der Waals surface area contributed by atoms with E-state index in [-0.39, 0.29) is 11.8 Å². The molecule has 0 spiro atoms. The van der Waals surface area contributed by atoms with Gasteiger partial charge in [0.1, 0.15) is 6.61 Å². The second-order valence-electron chi connectivity index (χ2n) is 6.68. The number of ether oxygens (including phenoxy) is 2. The molecule has 0 saturated carbocycles. The Labute approximate surface area is 153 Å². The van der Waals surface area contributed by atoms with Gasteiger partial charge in [0, 0.05) is 32.4 Å². The lowest BCUT2D eigenvalue weighted by Crippen LogP contribution is -2.51. The Kier molecular flexibility index (Phi) is 4.65. The Hall–Kier alpha value is -2.76. The van der Waals surface area contributed by atoms with Crippen LogP contribution in [0.25, 0.3) is 0 Å². The fourth-order valence-electron chi connectivity index (χ4n) is 3.70. The lowest BCUT2D eigenvalue weighted by atomic mass is 9.95. The summed E-state index contributed by atoms with van der Waals surface area (Å²) < 4.78 is 11.2. The normalized spacial score (nSPS) is 19.5. The molecule has 3 heterocycles. The van der Waals surface area contributed by atoms with Crippen molar-refractivity contribution in [3.63, 3.8) is 0 Å². The highest BCUT2D eigenvalue weighted by atomic mass is 16.5. The van der Waals surface area contributed by atoms with Crippen molar-refractivity contribution in [2.24, 2.45) is 5.92 Å². The largest absolute Gasteiger partial charge is 0.493 e. The third kappa shape index (κ3) is 3.19. The van der Waals surface area contributed by atoms with Crippen LogP contribution in [0.2, 0.25) is 0 Å². The van der Waals surface area contributed by atoms with E-state index in [0.29, 0.717) is 13.0 Å². The van der Waals surface area contributed by atoms with Gasteiger partial charge in [0.25, 0.3) is 0 Å². The molecular formula is C20H23N3O3. The van der Waals surface area contributed by atoms with E-state index in [1.807, 2.05) is 35.4 Å². The number of aromatic nitrogens is 1. The van der Waals surface area contributed by atoms with Gasteiger partial charge in [-0.1, -0.05) is 12.1 Å². The van der Waals surface area contributed by atoms with Crippen LogP contribution in [0, 0.1) is 5.92 Å². The topological polar surface area (TPSA) is 54.9 Å². The molecule has 2 aliphatic rings. The zero-order chi connectivity index (χ0) is 17.9. The number of fused-ring (bicyclic) bond motifs is 1. The highest BCUT2D eigenvalue weighted by Gasteiger charge is 2.32. The number of para-hydroxylation sites is 1. The van der Waals surface area contributed by atoms with Crippen LogP contribution >= 0.6 is 0 Å². The third-order valence-corrected chi connectivity index (χ3v) is 5.13. The van der Waals surface area contributed by atoms with Gasteiger partial charge in [-0.3, -0.25) is 9.78 Å². The van der Waals surface area contributed by atoms with Crippen molar-refractivity contribution in [3.05, 3.63) is 48.3 Å². The molecule has 0 aliphatic carbocycles. The van der Waals surface area contributed by atoms with Crippen molar-refractivity contribution in [1.82, 2.24) is 9.88 Å². The molecule has 0 N–H and O–H groups in total. The number of pyridine rings is 1. The van der Waals surface area contributed by atoms with Gasteiger partial charge in [-0.2, -0.15) is 0 Å². The van der Waals surface area contributed by atoms with E-state index < -0.39 is 0 Å². The minimum atomic E-state index is -0.125. The summed E-state index contributed by atoms with van der Waals surface area (Å²) in [6.45, 7) is 3.53. The zero-order valence-corrected chi connectivity index (χ0v) is 14.9. The third-order valence-electron chi connectivity index (χ3n) is 5.13. The molecule has 0 bridgehead atoms. The van der Waals surface area contributed by atoms with E-state index in [1.54, 1.807) is 13.3 Å². The van der Waals surface area contributed by atoms with Crippen molar-refractivity contribution >= 4 is 11.6 Å². The highest BCUT2D eigenvalue weighted by molar-refractivity contribution is 5.80. The minimum absolute atomic E-state index is 0.125. The van der Waals surface area contributed by atoms with E-state index in [9.17, 15) is 4.79 Å². The maximum absolute atomic E-state index is 12.9. The monoisotopic (exact) mass is 353 g/mol. The lowest BCUT2D eigenvalue weighted by Gasteiger charge is -2.38. The predicted molar refractivity (Wildman–Crippen MR) is 98.7 cm³/mol. The number of anilines is 1. The summed E-state index contributed by atoms with van der Waals surface area (Å²) in [6.07, 6.45) is 4.35. The van der Waals surface area contributed by atoms with Crippen molar-refractivity contribution < 1.29 is 14.3 Å². The second kappa shape index (κ2) is 7.23. The molecule has 1 aromatic carbocycles. The molecule has 2 aliphatic heterocycles. The molecule has 1 unspecified atom stereocenters. The van der Waals surface area contributed by atoms with Crippen LogP contribution < -0.4 is 14.4 Å². The average Bonchev–Trinajstić information content (AvgIpc) is 2.73. The number of benzene rings is 1. The standard InChI is InChI=1S/C20H23N3O3/c1-25-18-6-2-4-15-12-16(14-26-19(15)18)20(24)23-10-8-22(9-11-23)17-5-3-7-21-13-17/h2-7,13,16H,8-12,14H2,1H3. The summed E-state index contributed by atoms with van der Waals surface area (Å²) in [4.78, 5) is 21.4. The van der Waals surface area contributed by atoms with E-state index >= 15 is 0 Å². The minimum Gasteiger partial charge on any atom is -0.493 e. The molecule has 1 amide bonds. The average molecular weight is 353 g/mol. The van der Waals surface area contributed by atoms with Crippen molar-refractivity contribution in [2.75, 3.05) is 44.8 Å². The first kappa shape index (κ1) is 16.7. The number of nitrogens with zero attached hydrogens (tertiary/aromatic N) is 3. The van der Waals surface area contributed by atoms with Crippen LogP contribution in [-0.2, 0) is 11.2 Å². The van der Waals surface area contributed by atoms with Gasteiger partial charge < -0.3 is 19.3 Å². The number of hydrogen-bond acceptors (Lipinski definition) is 5. The first-order chi connectivity index (χ1) is 12.8. The van der Waals surface area contributed by atoms with Crippen molar-refractivity contribution in [1.29, 1.82) is 0 Å². The van der Waals surface area contributed by atoms with Crippen LogP contribution in [0.3, 0.4) is 0 Å². The highest BCUT2D eigenvalue weighted by Crippen LogP contribution is 2.36. The number of piperazine rings is 1. The summed E-state index contributed by atoms with van der Waals surface area (Å²) in [5.41, 5.74) is 2.16. The van der Waals surface area contributed by atoms with E-state index in [1.165, 1.54) is 0 Å². The molecule has 0 radical (unpaired) electrons. The van der Waals surface area contributed by atoms with E-state index in [4.69, 9.17) is 9.47 Å². The van der Waals surface area contributed by atoms with Crippen LogP contribution in [0.4, 0.5) is 5.69 Å². The molecule has 4 rings (SSSR count). The Balaban J connectivity index is 1.38. The Morgan fingerprint density at radius 3 is 2.77 bits per heavy atom. The van der Waals surface area contributed by atoms with Gasteiger partial charge in [-0.25, -0.2) is 0 Å². The van der Waals surface area contributed by atoms with Crippen LogP contribution in [0.15, 0.2) is 42.7 Å². The molecule has 6 nitrogen and oxygen atoms in total. The summed E-state index contributed by atoms with van der Waals surface area (Å²) in [5.74, 6) is 1.57. The summed E-state index contributed by atoms with van der Waals surface area (Å²) in [5, 5.41) is 0. The second-order valence-corrected chi connectivity index (χ2v) is 6.68. The molecule has 1 saturated heterocycles. The Morgan fingerprint density at radius 1 is 1.19 bits per heavy atom. The van der Waals surface area contributed by atoms with Gasteiger partial charge in [0.15, 0.2) is 11.5 Å². The molecule has 1 aromatic heterocycles. The number of rotatable bonds is 3. The zero-order valence-electron chi connectivity index (χ0n) is 14.9. The van der Waals surface area contributed by atoms with E-state index in [0.717, 1.165) is 48.9 Å². The Bertz CT molecular complexity index is 773. The fourth-order valence-corrected chi connectivity index (χ4v) is 3.70. The van der Waals surface area contributed by atoms with Gasteiger partial charge in [0.05, 0.1) is 24.9 Å². The van der Waals surface area contributed by atoms with Crippen LogP contribution in [0.1, 0.15) is 5.56 Å². The molecule has 26 heavy (non-hydrogen) atoms. The molecule has 2 aromatic rings. The first-order valence-electron chi connectivity index (χ1n) is 8.98. The maximum atomic E-state index is 12.9. The number of amides is 1. The number of hydrogen-bond donors (Lipinski definition) is 0. The van der Waals surface area contributed by atoms with Gasteiger partial charge in [-0.15, -0.1) is 0 Å². The maximum Gasteiger partial charge on any atom is 0.229 e. The molecular weight excluding hydrogens is 330 g/mol. The summed E-state index contributed by atoms with van der Waals surface area (Å²) >= 11 is 0. The SMILES string of the molecule is COc1cccc2c1OCC(C(=O)N1CCN(c3cccnc3)CC1)C2. The fraction of sp³-hybridized carbons (Fsp3) is 0.400. The molecule has 6 heteroatoms. The smallest absolute Gasteiger partial charge is 0.229 e. The summed E-state index contributed by atoms with van der Waals surface area (Å²) in [6, 6.07) is 9.85. The van der Waals surface area contributed by atoms with Crippen molar-refractivity contribution in [2.45, 2.75) is 6.42 Å². The molecule has 1 fully saturated rings. The number of methoxy groups -OCH3 is 1.